The predicted molar refractivity (Wildman–Crippen MR) is 107 cm³/mol. The minimum absolute atomic E-state index is 0.0737. The number of hydrogen-bond donors (Lipinski definition) is 0. The summed E-state index contributed by atoms with van der Waals surface area (Å²) in [6, 6.07) is 7.73. The predicted octanol–water partition coefficient (Wildman–Crippen LogP) is 2.65. The van der Waals surface area contributed by atoms with Gasteiger partial charge in [0.1, 0.15) is 0 Å². The highest BCUT2D eigenvalue weighted by Gasteiger charge is 2.23. The van der Waals surface area contributed by atoms with E-state index in [-0.39, 0.29) is 11.5 Å². The van der Waals surface area contributed by atoms with E-state index in [1.165, 1.54) is 6.42 Å². The molecule has 2 saturated heterocycles. The van der Waals surface area contributed by atoms with E-state index in [0.29, 0.717) is 24.7 Å². The number of anilines is 1. The van der Waals surface area contributed by atoms with E-state index < -0.39 is 0 Å². The third-order valence-corrected chi connectivity index (χ3v) is 5.80. The highest BCUT2D eigenvalue weighted by atomic mass is 16.2. The van der Waals surface area contributed by atoms with E-state index in [1.54, 1.807) is 4.57 Å². The Balaban J connectivity index is 1.61. The van der Waals surface area contributed by atoms with Crippen LogP contribution in [0.3, 0.4) is 0 Å². The number of hydrogen-bond acceptors (Lipinski definition) is 4. The first kappa shape index (κ1) is 18.0. The zero-order valence-corrected chi connectivity index (χ0v) is 16.1. The van der Waals surface area contributed by atoms with Crippen LogP contribution in [0.4, 0.5) is 5.82 Å². The second kappa shape index (κ2) is 7.71. The summed E-state index contributed by atoms with van der Waals surface area (Å²) in [6.45, 7) is 6.05. The third-order valence-electron chi connectivity index (χ3n) is 5.80. The minimum atomic E-state index is -0.0737. The lowest BCUT2D eigenvalue weighted by molar-refractivity contribution is -0.133. The first-order valence-electron chi connectivity index (χ1n) is 10.2. The van der Waals surface area contributed by atoms with Gasteiger partial charge < -0.3 is 14.4 Å². The quantitative estimate of drug-likeness (QED) is 0.832. The lowest BCUT2D eigenvalue weighted by atomic mass is 10.00. The van der Waals surface area contributed by atoms with Gasteiger partial charge in [0, 0.05) is 39.1 Å². The molecule has 144 valence electrons. The number of aromatic nitrogens is 2. The summed E-state index contributed by atoms with van der Waals surface area (Å²) in [7, 11) is 0. The molecule has 6 nitrogen and oxygen atoms in total. The Morgan fingerprint density at radius 1 is 1.15 bits per heavy atom. The highest BCUT2D eigenvalue weighted by molar-refractivity contribution is 5.78. The molecule has 1 amide bonds. The van der Waals surface area contributed by atoms with Crippen molar-refractivity contribution in [2.24, 2.45) is 5.92 Å². The van der Waals surface area contributed by atoms with Gasteiger partial charge in [-0.2, -0.15) is 0 Å². The van der Waals surface area contributed by atoms with E-state index in [0.717, 1.165) is 56.5 Å². The number of amides is 1. The average Bonchev–Trinajstić information content (AvgIpc) is 3.21. The molecule has 0 aliphatic carbocycles. The van der Waals surface area contributed by atoms with Crippen LogP contribution in [0.15, 0.2) is 29.1 Å². The topological polar surface area (TPSA) is 58.4 Å². The van der Waals surface area contributed by atoms with Crippen molar-refractivity contribution in [3.8, 4) is 0 Å². The summed E-state index contributed by atoms with van der Waals surface area (Å²) in [5, 5.41) is 0. The van der Waals surface area contributed by atoms with Gasteiger partial charge in [0.05, 0.1) is 11.0 Å². The number of para-hydroxylation sites is 2. The monoisotopic (exact) mass is 368 g/mol. The van der Waals surface area contributed by atoms with Gasteiger partial charge in [-0.25, -0.2) is 4.98 Å². The summed E-state index contributed by atoms with van der Waals surface area (Å²) in [6.07, 6.45) is 4.82. The standard InChI is InChI=1S/C21H28N4O2/c1-16-7-6-13-24(15-16)19(26)10-14-25-18-9-3-2-8-17(18)22-20(21(25)27)23-11-4-5-12-23/h2-3,8-9,16H,4-7,10-15H2,1H3. The Kier molecular flexibility index (Phi) is 5.14. The molecular formula is C21H28N4O2. The van der Waals surface area contributed by atoms with Gasteiger partial charge in [0.2, 0.25) is 5.91 Å². The second-order valence-electron chi connectivity index (χ2n) is 7.91. The van der Waals surface area contributed by atoms with Gasteiger partial charge in [0.25, 0.3) is 5.56 Å². The van der Waals surface area contributed by atoms with E-state index in [4.69, 9.17) is 0 Å². The fraction of sp³-hybridized carbons (Fsp3) is 0.571. The molecule has 4 rings (SSSR count). The molecule has 0 spiro atoms. The molecule has 0 N–H and O–H groups in total. The van der Waals surface area contributed by atoms with Gasteiger partial charge in [-0.3, -0.25) is 9.59 Å². The van der Waals surface area contributed by atoms with Crippen LogP contribution >= 0.6 is 0 Å². The van der Waals surface area contributed by atoms with Crippen molar-refractivity contribution in [2.45, 2.75) is 45.6 Å². The summed E-state index contributed by atoms with van der Waals surface area (Å²) in [5.41, 5.74) is 1.55. The largest absolute Gasteiger partial charge is 0.352 e. The van der Waals surface area contributed by atoms with E-state index in [2.05, 4.69) is 16.8 Å². The lowest BCUT2D eigenvalue weighted by Crippen LogP contribution is -2.40. The molecule has 2 aliphatic heterocycles. The lowest BCUT2D eigenvalue weighted by Gasteiger charge is -2.31. The first-order chi connectivity index (χ1) is 13.1. The van der Waals surface area contributed by atoms with Gasteiger partial charge in [-0.05, 0) is 43.7 Å². The Morgan fingerprint density at radius 3 is 2.70 bits per heavy atom. The summed E-state index contributed by atoms with van der Waals surface area (Å²) >= 11 is 0. The maximum atomic E-state index is 13.1. The number of nitrogens with zero attached hydrogens (tertiary/aromatic N) is 4. The van der Waals surface area contributed by atoms with E-state index in [9.17, 15) is 9.59 Å². The zero-order chi connectivity index (χ0) is 18.8. The molecule has 2 aliphatic rings. The SMILES string of the molecule is CC1CCCN(C(=O)CCn2c(=O)c(N3CCCC3)nc3ccccc32)C1. The molecule has 1 aromatic carbocycles. The van der Waals surface area contributed by atoms with Crippen molar-refractivity contribution in [2.75, 3.05) is 31.1 Å². The minimum Gasteiger partial charge on any atom is -0.352 e. The van der Waals surface area contributed by atoms with Crippen LogP contribution in [0.2, 0.25) is 0 Å². The Labute approximate surface area is 159 Å². The van der Waals surface area contributed by atoms with Crippen LogP contribution in [0, 0.1) is 5.92 Å². The molecule has 2 aromatic rings. The van der Waals surface area contributed by atoms with Crippen molar-refractivity contribution in [3.05, 3.63) is 34.6 Å². The Morgan fingerprint density at radius 2 is 1.93 bits per heavy atom. The molecule has 27 heavy (non-hydrogen) atoms. The van der Waals surface area contributed by atoms with E-state index in [1.807, 2.05) is 29.2 Å². The Hall–Kier alpha value is -2.37. The third kappa shape index (κ3) is 3.70. The van der Waals surface area contributed by atoms with Gasteiger partial charge >= 0.3 is 0 Å². The maximum Gasteiger partial charge on any atom is 0.294 e. The fourth-order valence-corrected chi connectivity index (χ4v) is 4.32. The van der Waals surface area contributed by atoms with Crippen molar-refractivity contribution in [3.63, 3.8) is 0 Å². The van der Waals surface area contributed by atoms with E-state index >= 15 is 0 Å². The maximum absolute atomic E-state index is 13.1. The summed E-state index contributed by atoms with van der Waals surface area (Å²) < 4.78 is 1.75. The number of piperidine rings is 1. The van der Waals surface area contributed by atoms with Gasteiger partial charge in [-0.1, -0.05) is 19.1 Å². The number of carbonyl (C=O) groups excluding carboxylic acids is 1. The zero-order valence-electron chi connectivity index (χ0n) is 16.1. The molecule has 2 fully saturated rings. The van der Waals surface area contributed by atoms with Crippen LogP contribution in [-0.2, 0) is 11.3 Å². The van der Waals surface area contributed by atoms with Gasteiger partial charge in [0.15, 0.2) is 5.82 Å². The van der Waals surface area contributed by atoms with Crippen molar-refractivity contribution < 1.29 is 4.79 Å². The summed E-state index contributed by atoms with van der Waals surface area (Å²) in [4.78, 5) is 34.5. The molecule has 1 aromatic heterocycles. The number of fused-ring (bicyclic) bond motifs is 1. The van der Waals surface area contributed by atoms with Crippen molar-refractivity contribution in [1.29, 1.82) is 0 Å². The van der Waals surface area contributed by atoms with Crippen LogP contribution < -0.4 is 10.5 Å². The number of aryl methyl sites for hydroxylation is 1. The molecule has 1 atom stereocenters. The number of benzene rings is 1. The molecule has 3 heterocycles. The fourth-order valence-electron chi connectivity index (χ4n) is 4.32. The molecule has 0 radical (unpaired) electrons. The molecular weight excluding hydrogens is 340 g/mol. The van der Waals surface area contributed by atoms with Crippen molar-refractivity contribution in [1.82, 2.24) is 14.5 Å². The number of carbonyl (C=O) groups is 1. The van der Waals surface area contributed by atoms with Gasteiger partial charge in [-0.15, -0.1) is 0 Å². The van der Waals surface area contributed by atoms with Crippen LogP contribution in [0.25, 0.3) is 11.0 Å². The second-order valence-corrected chi connectivity index (χ2v) is 7.91. The molecule has 0 saturated carbocycles. The smallest absolute Gasteiger partial charge is 0.294 e. The Bertz CT molecular complexity index is 885. The van der Waals surface area contributed by atoms with Crippen LogP contribution in [0.1, 0.15) is 39.0 Å². The van der Waals surface area contributed by atoms with Crippen LogP contribution in [-0.4, -0.2) is 46.5 Å². The average molecular weight is 368 g/mol. The molecule has 1 unspecified atom stereocenters. The molecule has 0 bridgehead atoms. The number of rotatable bonds is 4. The molecule has 6 heteroatoms. The highest BCUT2D eigenvalue weighted by Crippen LogP contribution is 2.19. The normalized spacial score (nSPS) is 20.4. The first-order valence-corrected chi connectivity index (χ1v) is 10.2. The van der Waals surface area contributed by atoms with Crippen molar-refractivity contribution >= 4 is 22.8 Å². The summed E-state index contributed by atoms with van der Waals surface area (Å²) in [5.74, 6) is 1.25. The number of likely N-dealkylation sites (tertiary alicyclic amines) is 1. The van der Waals surface area contributed by atoms with Crippen LogP contribution in [0.5, 0.6) is 0 Å².